The fraction of sp³-hybridized carbons (Fsp3) is 0.280. The second-order valence-corrected chi connectivity index (χ2v) is 8.60. The first-order chi connectivity index (χ1) is 15.7. The maximum Gasteiger partial charge on any atom is 0.295 e. The van der Waals surface area contributed by atoms with Crippen LogP contribution >= 0.6 is 0 Å². The second kappa shape index (κ2) is 8.54. The number of rotatable bonds is 6. The molecule has 0 aliphatic carbocycles. The van der Waals surface area contributed by atoms with Crippen molar-refractivity contribution in [3.05, 3.63) is 81.8 Å². The van der Waals surface area contributed by atoms with Gasteiger partial charge in [0.25, 0.3) is 17.4 Å². The smallest absolute Gasteiger partial charge is 0.295 e. The van der Waals surface area contributed by atoms with E-state index in [0.717, 1.165) is 4.90 Å². The molecule has 1 aromatic heterocycles. The van der Waals surface area contributed by atoms with Crippen molar-refractivity contribution >= 4 is 23.4 Å². The minimum absolute atomic E-state index is 0.0305. The number of imide groups is 1. The van der Waals surface area contributed by atoms with E-state index in [0.29, 0.717) is 11.4 Å². The molecular formula is C25H26N4O4. The van der Waals surface area contributed by atoms with Crippen LogP contribution in [0.1, 0.15) is 46.7 Å². The van der Waals surface area contributed by atoms with Gasteiger partial charge in [-0.3, -0.25) is 28.8 Å². The topological polar surface area (TPSA) is 93.4 Å². The summed E-state index contributed by atoms with van der Waals surface area (Å²) < 4.78 is 3.12. The molecule has 8 heteroatoms. The van der Waals surface area contributed by atoms with E-state index in [9.17, 15) is 19.2 Å². The minimum Gasteiger partial charge on any atom is -0.318 e. The number of benzene rings is 2. The molecule has 2 aromatic carbocycles. The van der Waals surface area contributed by atoms with Gasteiger partial charge < -0.3 is 5.32 Å². The third-order valence-electron chi connectivity index (χ3n) is 5.94. The van der Waals surface area contributed by atoms with Crippen LogP contribution in [0, 0.1) is 12.8 Å². The number of carbonyl (C=O) groups excluding carboxylic acids is 3. The van der Waals surface area contributed by atoms with Gasteiger partial charge >= 0.3 is 0 Å². The zero-order valence-electron chi connectivity index (χ0n) is 19.0. The summed E-state index contributed by atoms with van der Waals surface area (Å²) in [5, 5.41) is 2.72. The van der Waals surface area contributed by atoms with Crippen molar-refractivity contribution in [2.45, 2.75) is 33.2 Å². The van der Waals surface area contributed by atoms with Crippen molar-refractivity contribution in [1.82, 2.24) is 14.3 Å². The molecule has 170 valence electrons. The largest absolute Gasteiger partial charge is 0.318 e. The maximum absolute atomic E-state index is 13.4. The van der Waals surface area contributed by atoms with E-state index < -0.39 is 23.8 Å². The molecular weight excluding hydrogens is 420 g/mol. The number of aromatic nitrogens is 2. The number of para-hydroxylation sites is 1. The summed E-state index contributed by atoms with van der Waals surface area (Å²) >= 11 is 0. The van der Waals surface area contributed by atoms with Gasteiger partial charge in [0, 0.05) is 7.05 Å². The molecule has 0 unspecified atom stereocenters. The number of fused-ring (bicyclic) bond motifs is 1. The lowest BCUT2D eigenvalue weighted by Crippen LogP contribution is -2.48. The van der Waals surface area contributed by atoms with Gasteiger partial charge in [0.15, 0.2) is 0 Å². The van der Waals surface area contributed by atoms with Crippen molar-refractivity contribution < 1.29 is 14.4 Å². The van der Waals surface area contributed by atoms with Crippen LogP contribution in [0.3, 0.4) is 0 Å². The standard InChI is InChI=1S/C25H26N4O4/c1-15(2)14-20(28-23(31)18-12-8-9-13-19(18)24(28)32)22(30)26-21-16(3)27(4)29(25(21)33)17-10-6-5-7-11-17/h5-13,15,20H,14H2,1-4H3,(H,26,30)/t20-/m0/s1. The molecule has 3 amide bonds. The maximum atomic E-state index is 13.4. The molecule has 1 aliphatic heterocycles. The normalized spacial score (nSPS) is 14.0. The van der Waals surface area contributed by atoms with Gasteiger partial charge in [-0.05, 0) is 43.5 Å². The van der Waals surface area contributed by atoms with E-state index in [-0.39, 0.29) is 34.7 Å². The van der Waals surface area contributed by atoms with E-state index in [1.807, 2.05) is 32.0 Å². The summed E-state index contributed by atoms with van der Waals surface area (Å²) in [6.45, 7) is 5.55. The lowest BCUT2D eigenvalue weighted by molar-refractivity contribution is -0.120. The summed E-state index contributed by atoms with van der Waals surface area (Å²) in [5.41, 5.74) is 1.52. The Balaban J connectivity index is 1.70. The summed E-state index contributed by atoms with van der Waals surface area (Å²) in [7, 11) is 1.73. The quantitative estimate of drug-likeness (QED) is 0.589. The first-order valence-corrected chi connectivity index (χ1v) is 10.8. The molecule has 33 heavy (non-hydrogen) atoms. The monoisotopic (exact) mass is 446 g/mol. The summed E-state index contributed by atoms with van der Waals surface area (Å²) in [6, 6.07) is 14.6. The van der Waals surface area contributed by atoms with E-state index in [1.165, 1.54) is 4.68 Å². The van der Waals surface area contributed by atoms with Crippen LogP contribution in [0.5, 0.6) is 0 Å². The van der Waals surface area contributed by atoms with Crippen molar-refractivity contribution in [2.24, 2.45) is 13.0 Å². The summed E-state index contributed by atoms with van der Waals surface area (Å²) in [6.07, 6.45) is 0.274. The lowest BCUT2D eigenvalue weighted by Gasteiger charge is -2.26. The Morgan fingerprint density at radius 3 is 2.00 bits per heavy atom. The van der Waals surface area contributed by atoms with E-state index in [1.54, 1.807) is 55.1 Å². The second-order valence-electron chi connectivity index (χ2n) is 8.60. The Kier molecular flexibility index (Phi) is 5.76. The van der Waals surface area contributed by atoms with Crippen LogP contribution in [0.2, 0.25) is 0 Å². The molecule has 2 heterocycles. The molecule has 1 atom stereocenters. The number of hydrogen-bond donors (Lipinski definition) is 1. The fourth-order valence-corrected chi connectivity index (χ4v) is 4.19. The van der Waals surface area contributed by atoms with Crippen molar-refractivity contribution in [2.75, 3.05) is 5.32 Å². The highest BCUT2D eigenvalue weighted by molar-refractivity contribution is 6.23. The van der Waals surface area contributed by atoms with Crippen LogP contribution in [-0.4, -0.2) is 38.0 Å². The van der Waals surface area contributed by atoms with Crippen molar-refractivity contribution in [3.63, 3.8) is 0 Å². The van der Waals surface area contributed by atoms with E-state index in [4.69, 9.17) is 0 Å². The highest BCUT2D eigenvalue weighted by Crippen LogP contribution is 2.27. The Hall–Kier alpha value is -3.94. The average molecular weight is 447 g/mol. The van der Waals surface area contributed by atoms with Crippen LogP contribution < -0.4 is 10.9 Å². The van der Waals surface area contributed by atoms with Gasteiger partial charge in [-0.2, -0.15) is 0 Å². The molecule has 0 saturated carbocycles. The molecule has 0 fully saturated rings. The van der Waals surface area contributed by atoms with Crippen molar-refractivity contribution in [1.29, 1.82) is 0 Å². The van der Waals surface area contributed by atoms with Gasteiger partial charge in [0.1, 0.15) is 11.7 Å². The van der Waals surface area contributed by atoms with Crippen LogP contribution in [-0.2, 0) is 11.8 Å². The highest BCUT2D eigenvalue weighted by Gasteiger charge is 2.43. The van der Waals surface area contributed by atoms with E-state index in [2.05, 4.69) is 5.32 Å². The number of nitrogens with zero attached hydrogens (tertiary/aromatic N) is 3. The van der Waals surface area contributed by atoms with Gasteiger partial charge in [-0.1, -0.05) is 44.2 Å². The Morgan fingerprint density at radius 2 is 1.45 bits per heavy atom. The molecule has 0 bridgehead atoms. The third-order valence-corrected chi connectivity index (χ3v) is 5.94. The van der Waals surface area contributed by atoms with Gasteiger partial charge in [0.2, 0.25) is 5.91 Å². The molecule has 3 aromatic rings. The molecule has 1 N–H and O–H groups in total. The van der Waals surface area contributed by atoms with Crippen LogP contribution in [0.15, 0.2) is 59.4 Å². The predicted octanol–water partition coefficient (Wildman–Crippen LogP) is 3.13. The zero-order chi connectivity index (χ0) is 23.9. The Bertz CT molecular complexity index is 1270. The molecule has 0 radical (unpaired) electrons. The molecule has 0 saturated heterocycles. The minimum atomic E-state index is -1.04. The third kappa shape index (κ3) is 3.77. The Labute approximate surface area is 191 Å². The average Bonchev–Trinajstić information content (AvgIpc) is 3.17. The van der Waals surface area contributed by atoms with Gasteiger partial charge in [-0.15, -0.1) is 0 Å². The first-order valence-electron chi connectivity index (χ1n) is 10.8. The number of hydrogen-bond acceptors (Lipinski definition) is 4. The summed E-state index contributed by atoms with van der Waals surface area (Å²) in [5.74, 6) is -1.53. The molecule has 8 nitrogen and oxygen atoms in total. The SMILES string of the molecule is Cc1c(NC(=O)[C@H](CC(C)C)N2C(=O)c3ccccc3C2=O)c(=O)n(-c2ccccc2)n1C. The number of carbonyl (C=O) groups is 3. The Morgan fingerprint density at radius 1 is 0.909 bits per heavy atom. The highest BCUT2D eigenvalue weighted by atomic mass is 16.2. The lowest BCUT2D eigenvalue weighted by atomic mass is 10.0. The fourth-order valence-electron chi connectivity index (χ4n) is 4.19. The molecule has 4 rings (SSSR count). The van der Waals surface area contributed by atoms with E-state index >= 15 is 0 Å². The van der Waals surface area contributed by atoms with Gasteiger partial charge in [-0.25, -0.2) is 4.68 Å². The predicted molar refractivity (Wildman–Crippen MR) is 125 cm³/mol. The zero-order valence-corrected chi connectivity index (χ0v) is 19.0. The first kappa shape index (κ1) is 22.3. The van der Waals surface area contributed by atoms with Crippen LogP contribution in [0.4, 0.5) is 5.69 Å². The van der Waals surface area contributed by atoms with Crippen molar-refractivity contribution in [3.8, 4) is 5.69 Å². The molecule has 0 spiro atoms. The number of anilines is 1. The number of amides is 3. The number of nitrogens with one attached hydrogen (secondary N) is 1. The van der Waals surface area contributed by atoms with Crippen LogP contribution in [0.25, 0.3) is 5.69 Å². The summed E-state index contributed by atoms with van der Waals surface area (Å²) in [4.78, 5) is 53.7. The van der Waals surface area contributed by atoms with Gasteiger partial charge in [0.05, 0.1) is 22.5 Å². The molecule has 1 aliphatic rings.